The molecule has 0 aromatic heterocycles. The Hall–Kier alpha value is -2.46. The Morgan fingerprint density at radius 1 is 0.541 bits per heavy atom. The number of benzene rings is 4. The molecule has 2 aliphatic rings. The monoisotopic (exact) mass is 624 g/mol. The first kappa shape index (κ1) is 24.8. The highest BCUT2D eigenvalue weighted by Crippen LogP contribution is 2.54. The summed E-state index contributed by atoms with van der Waals surface area (Å²) in [6.45, 7) is 9.90. The second kappa shape index (κ2) is 9.38. The summed E-state index contributed by atoms with van der Waals surface area (Å²) in [7, 11) is -1.94. The highest BCUT2D eigenvalue weighted by molar-refractivity contribution is 9.10. The van der Waals surface area contributed by atoms with E-state index in [0.29, 0.717) is 11.1 Å². The van der Waals surface area contributed by atoms with Crippen LogP contribution >= 0.6 is 31.9 Å². The number of allylic oxidation sites excluding steroid dienone is 2. The molecule has 2 aliphatic carbocycles. The molecule has 0 amide bonds. The van der Waals surface area contributed by atoms with Crippen molar-refractivity contribution in [1.82, 2.24) is 0 Å². The van der Waals surface area contributed by atoms with E-state index in [0.717, 1.165) is 0 Å². The molecule has 2 unspecified atom stereocenters. The Balaban J connectivity index is 1.48. The van der Waals surface area contributed by atoms with Gasteiger partial charge in [-0.2, -0.15) is 0 Å². The van der Waals surface area contributed by atoms with Crippen molar-refractivity contribution in [2.45, 2.75) is 38.0 Å². The van der Waals surface area contributed by atoms with Crippen molar-refractivity contribution in [3.05, 3.63) is 127 Å². The van der Waals surface area contributed by atoms with E-state index in [4.69, 9.17) is 0 Å². The second-order valence-corrected chi connectivity index (χ2v) is 17.6. The number of fused-ring (bicyclic) bond motifs is 2. The lowest BCUT2D eigenvalue weighted by Gasteiger charge is -2.39. The Morgan fingerprint density at radius 2 is 0.919 bits per heavy atom. The van der Waals surface area contributed by atoms with E-state index in [1.807, 2.05) is 0 Å². The van der Waals surface area contributed by atoms with E-state index >= 15 is 0 Å². The zero-order valence-corrected chi connectivity index (χ0v) is 25.8. The maximum Gasteiger partial charge on any atom is 0.0722 e. The molecular formula is C34H30Br2Si. The van der Waals surface area contributed by atoms with Crippen molar-refractivity contribution in [2.75, 3.05) is 0 Å². The number of hydrogen-bond donors (Lipinski definition) is 0. The highest BCUT2D eigenvalue weighted by atomic mass is 79.9. The van der Waals surface area contributed by atoms with Crippen molar-refractivity contribution in [1.29, 1.82) is 0 Å². The summed E-state index contributed by atoms with van der Waals surface area (Å²) in [5.41, 5.74) is 14.7. The van der Waals surface area contributed by atoms with Gasteiger partial charge in [-0.15, -0.1) is 0 Å². The molecule has 6 rings (SSSR count). The molecule has 0 heterocycles. The molecule has 0 N–H and O–H groups in total. The van der Waals surface area contributed by atoms with Gasteiger partial charge in [-0.25, -0.2) is 0 Å². The van der Waals surface area contributed by atoms with Crippen molar-refractivity contribution in [2.24, 2.45) is 0 Å². The second-order valence-electron chi connectivity index (χ2n) is 11.1. The fourth-order valence-corrected chi connectivity index (χ4v) is 13.0. The van der Waals surface area contributed by atoms with Crippen LogP contribution in [0.2, 0.25) is 13.1 Å². The first-order chi connectivity index (χ1) is 17.8. The zero-order chi connectivity index (χ0) is 25.9. The van der Waals surface area contributed by atoms with Gasteiger partial charge in [0, 0.05) is 20.0 Å². The Morgan fingerprint density at radius 3 is 1.30 bits per heavy atom. The van der Waals surface area contributed by atoms with Gasteiger partial charge in [-0.3, -0.25) is 0 Å². The smallest absolute Gasteiger partial charge is 0.0679 e. The molecule has 4 aromatic rings. The van der Waals surface area contributed by atoms with Gasteiger partial charge in [-0.1, -0.05) is 141 Å². The van der Waals surface area contributed by atoms with Crippen LogP contribution in [0.5, 0.6) is 0 Å². The molecule has 0 bridgehead atoms. The van der Waals surface area contributed by atoms with Gasteiger partial charge < -0.3 is 0 Å². The number of rotatable bonds is 4. The molecule has 0 fully saturated rings. The molecule has 2 atom stereocenters. The largest absolute Gasteiger partial charge is 0.0722 e. The minimum Gasteiger partial charge on any atom is -0.0679 e. The van der Waals surface area contributed by atoms with Crippen LogP contribution in [0.25, 0.3) is 34.4 Å². The van der Waals surface area contributed by atoms with Gasteiger partial charge >= 0.3 is 0 Å². The Bertz CT molecular complexity index is 1460. The average Bonchev–Trinajstić information content (AvgIpc) is 3.42. The van der Waals surface area contributed by atoms with Crippen LogP contribution in [0, 0.1) is 0 Å². The molecule has 4 aromatic carbocycles. The minimum absolute atomic E-state index is 0.459. The SMILES string of the molecule is CC1=Cc2c(Br)cc(-c3ccccc3)cc2C1[Si](C)(C)C1C(C)=Cc2c(Br)cc(-c3ccccc3)cc21. The first-order valence-electron chi connectivity index (χ1n) is 12.9. The first-order valence-corrected chi connectivity index (χ1v) is 17.6. The van der Waals surface area contributed by atoms with Gasteiger partial charge in [0.15, 0.2) is 0 Å². The Kier molecular flexibility index (Phi) is 6.30. The fourth-order valence-electron chi connectivity index (χ4n) is 6.91. The van der Waals surface area contributed by atoms with Crippen molar-refractivity contribution >= 4 is 52.1 Å². The van der Waals surface area contributed by atoms with Crippen LogP contribution in [-0.2, 0) is 0 Å². The topological polar surface area (TPSA) is 0 Å². The maximum atomic E-state index is 3.94. The van der Waals surface area contributed by atoms with Gasteiger partial charge in [0.1, 0.15) is 0 Å². The standard InChI is InChI=1S/C34H30Br2Si/c1-21-15-27-29(17-25(19-31(27)35)23-11-7-5-8-12-23)33(21)37(3,4)34-22(2)16-28-30(34)18-26(20-32(28)36)24-13-9-6-10-14-24/h5-20,33-34H,1-4H3. The third-order valence-electron chi connectivity index (χ3n) is 8.30. The van der Waals surface area contributed by atoms with Crippen LogP contribution in [0.1, 0.15) is 47.2 Å². The van der Waals surface area contributed by atoms with E-state index in [1.54, 1.807) is 0 Å². The van der Waals surface area contributed by atoms with Crippen LogP contribution in [0.15, 0.2) is 105 Å². The predicted octanol–water partition coefficient (Wildman–Crippen LogP) is 11.0. The van der Waals surface area contributed by atoms with Crippen LogP contribution in [0.4, 0.5) is 0 Å². The summed E-state index contributed by atoms with van der Waals surface area (Å²) in [6, 6.07) is 31.0. The van der Waals surface area contributed by atoms with Gasteiger partial charge in [0.2, 0.25) is 0 Å². The van der Waals surface area contributed by atoms with Crippen LogP contribution in [-0.4, -0.2) is 8.07 Å². The molecule has 0 radical (unpaired) electrons. The summed E-state index contributed by atoms with van der Waals surface area (Å²) in [5.74, 6) is 0. The van der Waals surface area contributed by atoms with Crippen molar-refractivity contribution in [3.63, 3.8) is 0 Å². The summed E-state index contributed by atoms with van der Waals surface area (Å²) in [4.78, 5) is 0. The van der Waals surface area contributed by atoms with Gasteiger partial charge in [0.05, 0.1) is 8.07 Å². The van der Waals surface area contributed by atoms with E-state index in [2.05, 4.69) is 156 Å². The van der Waals surface area contributed by atoms with E-state index in [-0.39, 0.29) is 0 Å². The molecule has 184 valence electrons. The van der Waals surface area contributed by atoms with Crippen molar-refractivity contribution in [3.8, 4) is 22.3 Å². The summed E-state index contributed by atoms with van der Waals surface area (Å²) in [5, 5.41) is 0. The third-order valence-corrected chi connectivity index (χ3v) is 14.1. The summed E-state index contributed by atoms with van der Waals surface area (Å²) in [6.07, 6.45) is 4.86. The fraction of sp³-hybridized carbons (Fsp3) is 0.176. The van der Waals surface area contributed by atoms with E-state index in [1.165, 1.54) is 64.6 Å². The van der Waals surface area contributed by atoms with Gasteiger partial charge in [0.25, 0.3) is 0 Å². The molecule has 0 aliphatic heterocycles. The lowest BCUT2D eigenvalue weighted by Crippen LogP contribution is -2.42. The average molecular weight is 627 g/mol. The Labute approximate surface area is 238 Å². The predicted molar refractivity (Wildman–Crippen MR) is 169 cm³/mol. The maximum absolute atomic E-state index is 3.94. The van der Waals surface area contributed by atoms with Crippen molar-refractivity contribution < 1.29 is 0 Å². The normalized spacial score (nSPS) is 18.3. The molecule has 3 heteroatoms. The number of hydrogen-bond acceptors (Lipinski definition) is 0. The zero-order valence-electron chi connectivity index (χ0n) is 21.6. The molecular weight excluding hydrogens is 596 g/mol. The molecule has 0 saturated heterocycles. The molecule has 0 saturated carbocycles. The number of halogens is 2. The summed E-state index contributed by atoms with van der Waals surface area (Å²) >= 11 is 7.87. The summed E-state index contributed by atoms with van der Waals surface area (Å²) < 4.78 is 2.40. The lowest BCUT2D eigenvalue weighted by molar-refractivity contribution is 0.968. The molecule has 0 nitrogen and oxygen atoms in total. The molecule has 37 heavy (non-hydrogen) atoms. The van der Waals surface area contributed by atoms with Gasteiger partial charge in [-0.05, 0) is 70.5 Å². The third kappa shape index (κ3) is 4.16. The van der Waals surface area contributed by atoms with E-state index < -0.39 is 8.07 Å². The highest BCUT2D eigenvalue weighted by Gasteiger charge is 2.47. The van der Waals surface area contributed by atoms with Crippen LogP contribution in [0.3, 0.4) is 0 Å². The molecule has 0 spiro atoms. The van der Waals surface area contributed by atoms with Crippen LogP contribution < -0.4 is 0 Å². The lowest BCUT2D eigenvalue weighted by atomic mass is 9.99. The quantitative estimate of drug-likeness (QED) is 0.198. The minimum atomic E-state index is -1.94. The van der Waals surface area contributed by atoms with E-state index in [9.17, 15) is 0 Å².